The van der Waals surface area contributed by atoms with Crippen molar-refractivity contribution < 1.29 is 14.3 Å². The summed E-state index contributed by atoms with van der Waals surface area (Å²) in [4.78, 5) is 11.6. The van der Waals surface area contributed by atoms with E-state index in [4.69, 9.17) is 14.7 Å². The summed E-state index contributed by atoms with van der Waals surface area (Å²) in [5.41, 5.74) is 1.40. The van der Waals surface area contributed by atoms with Crippen LogP contribution < -0.4 is 14.8 Å². The molecular formula is C13H16N2O3. The van der Waals surface area contributed by atoms with Gasteiger partial charge in [0.2, 0.25) is 5.91 Å². The largest absolute Gasteiger partial charge is 0.496 e. The van der Waals surface area contributed by atoms with Gasteiger partial charge in [0.25, 0.3) is 0 Å². The monoisotopic (exact) mass is 248 g/mol. The first-order valence-corrected chi connectivity index (χ1v) is 5.52. The van der Waals surface area contributed by atoms with Crippen molar-refractivity contribution in [3.63, 3.8) is 0 Å². The summed E-state index contributed by atoms with van der Waals surface area (Å²) < 4.78 is 10.4. The molecule has 1 N–H and O–H groups in total. The molecule has 96 valence electrons. The van der Waals surface area contributed by atoms with Crippen LogP contribution in [0.1, 0.15) is 18.4 Å². The fraction of sp³-hybridized carbons (Fsp3) is 0.385. The lowest BCUT2D eigenvalue weighted by molar-refractivity contribution is -0.116. The van der Waals surface area contributed by atoms with Gasteiger partial charge in [0, 0.05) is 18.4 Å². The number of carbonyl (C=O) groups excluding carboxylic acids is 1. The average molecular weight is 248 g/mol. The van der Waals surface area contributed by atoms with Gasteiger partial charge in [0.05, 0.1) is 26.0 Å². The van der Waals surface area contributed by atoms with Gasteiger partial charge < -0.3 is 14.8 Å². The van der Waals surface area contributed by atoms with Crippen molar-refractivity contribution >= 4 is 11.6 Å². The zero-order chi connectivity index (χ0) is 13.5. The predicted molar refractivity (Wildman–Crippen MR) is 67.8 cm³/mol. The lowest BCUT2D eigenvalue weighted by Crippen LogP contribution is -2.12. The van der Waals surface area contributed by atoms with Gasteiger partial charge in [0.1, 0.15) is 11.5 Å². The van der Waals surface area contributed by atoms with Crippen LogP contribution in [0.2, 0.25) is 0 Å². The molecule has 0 spiro atoms. The topological polar surface area (TPSA) is 71.3 Å². The molecular weight excluding hydrogens is 232 g/mol. The molecule has 0 aliphatic carbocycles. The summed E-state index contributed by atoms with van der Waals surface area (Å²) >= 11 is 0. The fourth-order valence-electron chi connectivity index (χ4n) is 1.64. The smallest absolute Gasteiger partial charge is 0.225 e. The molecule has 5 heteroatoms. The maximum absolute atomic E-state index is 11.6. The number of methoxy groups -OCH3 is 2. The SMILES string of the molecule is COc1ccc(NC(=O)CCC#N)c(OC)c1C. The van der Waals surface area contributed by atoms with Crippen molar-refractivity contribution in [1.29, 1.82) is 5.26 Å². The van der Waals surface area contributed by atoms with Crippen molar-refractivity contribution in [3.8, 4) is 17.6 Å². The van der Waals surface area contributed by atoms with E-state index >= 15 is 0 Å². The van der Waals surface area contributed by atoms with E-state index in [1.165, 1.54) is 7.11 Å². The zero-order valence-electron chi connectivity index (χ0n) is 10.7. The third-order valence-electron chi connectivity index (χ3n) is 2.52. The molecule has 0 aliphatic heterocycles. The second-order valence-electron chi connectivity index (χ2n) is 3.68. The number of anilines is 1. The number of ether oxygens (including phenoxy) is 2. The Morgan fingerprint density at radius 2 is 2.11 bits per heavy atom. The van der Waals surface area contributed by atoms with Crippen molar-refractivity contribution in [2.45, 2.75) is 19.8 Å². The van der Waals surface area contributed by atoms with Crippen LogP contribution in [0.4, 0.5) is 5.69 Å². The van der Waals surface area contributed by atoms with E-state index in [0.717, 1.165) is 5.56 Å². The van der Waals surface area contributed by atoms with Gasteiger partial charge in [-0.3, -0.25) is 4.79 Å². The van der Waals surface area contributed by atoms with Crippen LogP contribution in [0.5, 0.6) is 11.5 Å². The summed E-state index contributed by atoms with van der Waals surface area (Å²) in [5.74, 6) is 1.06. The normalized spacial score (nSPS) is 9.44. The molecule has 18 heavy (non-hydrogen) atoms. The Morgan fingerprint density at radius 1 is 1.39 bits per heavy atom. The standard InChI is InChI=1S/C13H16N2O3/c1-9-11(17-2)7-6-10(13(9)18-3)15-12(16)5-4-8-14/h6-7H,4-5H2,1-3H3,(H,15,16). The van der Waals surface area contributed by atoms with Gasteiger partial charge in [-0.05, 0) is 19.1 Å². The molecule has 5 nitrogen and oxygen atoms in total. The van der Waals surface area contributed by atoms with Crippen LogP contribution in [-0.2, 0) is 4.79 Å². The highest BCUT2D eigenvalue weighted by Gasteiger charge is 2.13. The van der Waals surface area contributed by atoms with Gasteiger partial charge in [-0.1, -0.05) is 0 Å². The first-order valence-electron chi connectivity index (χ1n) is 5.52. The Hall–Kier alpha value is -2.22. The number of hydrogen-bond acceptors (Lipinski definition) is 4. The van der Waals surface area contributed by atoms with Crippen LogP contribution in [0, 0.1) is 18.3 Å². The third-order valence-corrected chi connectivity index (χ3v) is 2.52. The van der Waals surface area contributed by atoms with E-state index in [1.807, 2.05) is 13.0 Å². The molecule has 1 amide bonds. The van der Waals surface area contributed by atoms with Crippen LogP contribution >= 0.6 is 0 Å². The summed E-state index contributed by atoms with van der Waals surface area (Å²) in [7, 11) is 3.11. The third kappa shape index (κ3) is 3.14. The number of amides is 1. The number of rotatable bonds is 5. The van der Waals surface area contributed by atoms with Gasteiger partial charge >= 0.3 is 0 Å². The van der Waals surface area contributed by atoms with Gasteiger partial charge in [-0.25, -0.2) is 0 Å². The lowest BCUT2D eigenvalue weighted by Gasteiger charge is -2.14. The Kier molecular flexibility index (Phi) is 5.00. The zero-order valence-corrected chi connectivity index (χ0v) is 10.7. The van der Waals surface area contributed by atoms with E-state index in [0.29, 0.717) is 17.2 Å². The number of carbonyl (C=O) groups is 1. The Balaban J connectivity index is 2.93. The summed E-state index contributed by atoms with van der Waals surface area (Å²) in [6.07, 6.45) is 0.369. The van der Waals surface area contributed by atoms with Crippen LogP contribution in [0.15, 0.2) is 12.1 Å². The molecule has 1 aromatic carbocycles. The van der Waals surface area contributed by atoms with Gasteiger partial charge in [0.15, 0.2) is 0 Å². The van der Waals surface area contributed by atoms with E-state index in [9.17, 15) is 4.79 Å². The summed E-state index contributed by atoms with van der Waals surface area (Å²) in [6, 6.07) is 5.41. The van der Waals surface area contributed by atoms with Gasteiger partial charge in [-0.15, -0.1) is 0 Å². The minimum absolute atomic E-state index is 0.171. The number of hydrogen-bond donors (Lipinski definition) is 1. The van der Waals surface area contributed by atoms with E-state index in [2.05, 4.69) is 5.32 Å². The molecule has 0 aromatic heterocycles. The fourth-order valence-corrected chi connectivity index (χ4v) is 1.64. The minimum atomic E-state index is -0.209. The lowest BCUT2D eigenvalue weighted by atomic mass is 10.1. The van der Waals surface area contributed by atoms with E-state index < -0.39 is 0 Å². The molecule has 0 bridgehead atoms. The van der Waals surface area contributed by atoms with E-state index in [-0.39, 0.29) is 18.7 Å². The Bertz CT molecular complexity index is 478. The molecule has 0 unspecified atom stereocenters. The molecule has 0 atom stereocenters. The quantitative estimate of drug-likeness (QED) is 0.867. The van der Waals surface area contributed by atoms with Crippen molar-refractivity contribution in [1.82, 2.24) is 0 Å². The maximum Gasteiger partial charge on any atom is 0.225 e. The Labute approximate surface area is 106 Å². The molecule has 1 aromatic rings. The highest BCUT2D eigenvalue weighted by molar-refractivity contribution is 5.92. The summed E-state index contributed by atoms with van der Waals surface area (Å²) in [5, 5.41) is 11.1. The first kappa shape index (κ1) is 13.8. The van der Waals surface area contributed by atoms with Crippen molar-refractivity contribution in [2.75, 3.05) is 19.5 Å². The van der Waals surface area contributed by atoms with Crippen LogP contribution in [0.3, 0.4) is 0 Å². The average Bonchev–Trinajstić information content (AvgIpc) is 2.37. The maximum atomic E-state index is 11.6. The molecule has 0 aliphatic rings. The summed E-state index contributed by atoms with van der Waals surface area (Å²) in [6.45, 7) is 1.85. The highest BCUT2D eigenvalue weighted by atomic mass is 16.5. The number of nitrogens with zero attached hydrogens (tertiary/aromatic N) is 1. The molecule has 0 fully saturated rings. The van der Waals surface area contributed by atoms with Crippen molar-refractivity contribution in [3.05, 3.63) is 17.7 Å². The minimum Gasteiger partial charge on any atom is -0.496 e. The molecule has 0 heterocycles. The Morgan fingerprint density at radius 3 is 2.67 bits per heavy atom. The number of nitrogens with one attached hydrogen (secondary N) is 1. The number of nitriles is 1. The number of benzene rings is 1. The van der Waals surface area contributed by atoms with Crippen molar-refractivity contribution in [2.24, 2.45) is 0 Å². The molecule has 1 rings (SSSR count). The highest BCUT2D eigenvalue weighted by Crippen LogP contribution is 2.34. The first-order chi connectivity index (χ1) is 8.63. The second kappa shape index (κ2) is 6.50. The molecule has 0 radical (unpaired) electrons. The van der Waals surface area contributed by atoms with E-state index in [1.54, 1.807) is 19.2 Å². The molecule has 0 saturated carbocycles. The molecule has 0 saturated heterocycles. The van der Waals surface area contributed by atoms with Crippen LogP contribution in [-0.4, -0.2) is 20.1 Å². The van der Waals surface area contributed by atoms with Gasteiger partial charge in [-0.2, -0.15) is 5.26 Å². The van der Waals surface area contributed by atoms with Crippen LogP contribution in [0.25, 0.3) is 0 Å². The second-order valence-corrected chi connectivity index (χ2v) is 3.68. The predicted octanol–water partition coefficient (Wildman–Crippen LogP) is 2.25.